The number of hydrogen-bond acceptors (Lipinski definition) is 6. The molecule has 4 rings (SSSR count). The van der Waals surface area contributed by atoms with Gasteiger partial charge < -0.3 is 10.1 Å². The minimum Gasteiger partial charge on any atom is -0.491 e. The van der Waals surface area contributed by atoms with Gasteiger partial charge >= 0.3 is 0 Å². The van der Waals surface area contributed by atoms with E-state index < -0.39 is 16.1 Å². The quantitative estimate of drug-likeness (QED) is 0.550. The fourth-order valence-corrected chi connectivity index (χ4v) is 4.53. The van der Waals surface area contributed by atoms with Crippen LogP contribution in [0.2, 0.25) is 0 Å². The molecule has 2 N–H and O–H groups in total. The molecule has 1 aliphatic heterocycles. The molecule has 1 amide bonds. The summed E-state index contributed by atoms with van der Waals surface area (Å²) in [6, 6.07) is 15.4. The summed E-state index contributed by atoms with van der Waals surface area (Å²) >= 11 is 0. The second kappa shape index (κ2) is 8.73. The molecule has 2 aromatic carbocycles. The number of sulfonamides is 1. The third-order valence-electron chi connectivity index (χ3n) is 4.84. The van der Waals surface area contributed by atoms with Gasteiger partial charge in [-0.2, -0.15) is 0 Å². The number of carbonyl (C=O) groups excluding carboxylic acids is 1. The SMILES string of the molecule is C[C@H](N=C1NS(=O)(=O)c2ccccc21)C(=O)NCCCOc1cccc2cccnc12. The molecule has 0 saturated heterocycles. The molecule has 0 unspecified atom stereocenters. The van der Waals surface area contributed by atoms with Crippen LogP contribution in [0.1, 0.15) is 18.9 Å². The number of aliphatic imine (C=N–C) groups is 1. The first-order chi connectivity index (χ1) is 15.0. The molecule has 1 aliphatic rings. The van der Waals surface area contributed by atoms with Crippen LogP contribution in [0.4, 0.5) is 0 Å². The molecule has 0 radical (unpaired) electrons. The van der Waals surface area contributed by atoms with E-state index in [2.05, 4.69) is 20.0 Å². The second-order valence-electron chi connectivity index (χ2n) is 7.08. The van der Waals surface area contributed by atoms with Crippen LogP contribution in [0.3, 0.4) is 0 Å². The molecule has 160 valence electrons. The molecule has 0 fully saturated rings. The molecular weight excluding hydrogens is 416 g/mol. The van der Waals surface area contributed by atoms with Crippen LogP contribution in [0.25, 0.3) is 10.9 Å². The molecule has 9 heteroatoms. The molecule has 2 heterocycles. The molecular formula is C22H22N4O4S. The summed E-state index contributed by atoms with van der Waals surface area (Å²) in [6.07, 6.45) is 2.33. The molecule has 3 aromatic rings. The summed E-state index contributed by atoms with van der Waals surface area (Å²) in [5, 5.41) is 3.81. The third kappa shape index (κ3) is 4.51. The Morgan fingerprint density at radius 2 is 1.97 bits per heavy atom. The van der Waals surface area contributed by atoms with Gasteiger partial charge in [-0.3, -0.25) is 19.5 Å². The van der Waals surface area contributed by atoms with Gasteiger partial charge in [0.25, 0.3) is 10.0 Å². The molecule has 1 aromatic heterocycles. The van der Waals surface area contributed by atoms with Gasteiger partial charge in [-0.05, 0) is 37.6 Å². The average Bonchev–Trinajstić information content (AvgIpc) is 3.03. The minimum atomic E-state index is -3.63. The van der Waals surface area contributed by atoms with E-state index in [0.29, 0.717) is 30.9 Å². The number of nitrogens with zero attached hydrogens (tertiary/aromatic N) is 2. The highest BCUT2D eigenvalue weighted by atomic mass is 32.2. The first kappa shape index (κ1) is 20.8. The van der Waals surface area contributed by atoms with Gasteiger partial charge in [0.15, 0.2) is 0 Å². The van der Waals surface area contributed by atoms with Crippen molar-refractivity contribution in [1.29, 1.82) is 0 Å². The number of ether oxygens (including phenoxy) is 1. The molecule has 0 spiro atoms. The highest BCUT2D eigenvalue weighted by Gasteiger charge is 2.31. The molecule has 1 atom stereocenters. The average molecular weight is 439 g/mol. The molecule has 31 heavy (non-hydrogen) atoms. The van der Waals surface area contributed by atoms with E-state index in [1.165, 1.54) is 6.07 Å². The zero-order chi connectivity index (χ0) is 21.8. The summed E-state index contributed by atoms with van der Waals surface area (Å²) in [7, 11) is -3.63. The van der Waals surface area contributed by atoms with Crippen molar-refractivity contribution in [3.05, 3.63) is 66.4 Å². The Labute approximate surface area is 180 Å². The van der Waals surface area contributed by atoms with Crippen molar-refractivity contribution in [3.8, 4) is 5.75 Å². The third-order valence-corrected chi connectivity index (χ3v) is 6.24. The number of carbonyl (C=O) groups is 1. The normalized spacial score (nSPS) is 16.5. The maximum Gasteiger partial charge on any atom is 0.263 e. The van der Waals surface area contributed by atoms with Crippen LogP contribution in [-0.4, -0.2) is 44.3 Å². The Balaban J connectivity index is 1.29. The molecule has 0 bridgehead atoms. The number of fused-ring (bicyclic) bond motifs is 2. The van der Waals surface area contributed by atoms with Gasteiger partial charge in [0, 0.05) is 23.7 Å². The van der Waals surface area contributed by atoms with Gasteiger partial charge in [-0.25, -0.2) is 8.42 Å². The molecule has 0 aliphatic carbocycles. The van der Waals surface area contributed by atoms with Gasteiger partial charge in [-0.15, -0.1) is 0 Å². The Morgan fingerprint density at radius 3 is 2.84 bits per heavy atom. The Kier molecular flexibility index (Phi) is 5.85. The lowest BCUT2D eigenvalue weighted by Crippen LogP contribution is -2.34. The predicted octanol–water partition coefficient (Wildman–Crippen LogP) is 2.25. The van der Waals surface area contributed by atoms with E-state index in [4.69, 9.17) is 4.74 Å². The van der Waals surface area contributed by atoms with Crippen LogP contribution in [-0.2, 0) is 14.8 Å². The maximum absolute atomic E-state index is 12.4. The van der Waals surface area contributed by atoms with E-state index in [0.717, 1.165) is 10.9 Å². The summed E-state index contributed by atoms with van der Waals surface area (Å²) in [5.74, 6) is 0.601. The largest absolute Gasteiger partial charge is 0.491 e. The van der Waals surface area contributed by atoms with Crippen LogP contribution in [0, 0.1) is 0 Å². The van der Waals surface area contributed by atoms with Crippen LogP contribution < -0.4 is 14.8 Å². The van der Waals surface area contributed by atoms with Crippen molar-refractivity contribution in [2.75, 3.05) is 13.2 Å². The lowest BCUT2D eigenvalue weighted by Gasteiger charge is -2.11. The van der Waals surface area contributed by atoms with E-state index in [-0.39, 0.29) is 16.6 Å². The van der Waals surface area contributed by atoms with Gasteiger partial charge in [0.05, 0.1) is 11.5 Å². The Bertz CT molecular complexity index is 1250. The fraction of sp³-hybridized carbons (Fsp3) is 0.227. The van der Waals surface area contributed by atoms with E-state index >= 15 is 0 Å². The highest BCUT2D eigenvalue weighted by molar-refractivity contribution is 7.90. The first-order valence-corrected chi connectivity index (χ1v) is 11.4. The Morgan fingerprint density at radius 1 is 1.16 bits per heavy atom. The van der Waals surface area contributed by atoms with Crippen LogP contribution in [0.15, 0.2) is 70.7 Å². The van der Waals surface area contributed by atoms with E-state index in [9.17, 15) is 13.2 Å². The fourth-order valence-electron chi connectivity index (χ4n) is 3.29. The maximum atomic E-state index is 12.4. The van der Waals surface area contributed by atoms with Gasteiger partial charge in [0.1, 0.15) is 23.1 Å². The van der Waals surface area contributed by atoms with E-state index in [1.54, 1.807) is 31.3 Å². The predicted molar refractivity (Wildman–Crippen MR) is 118 cm³/mol. The summed E-state index contributed by atoms with van der Waals surface area (Å²) in [5.41, 5.74) is 1.28. The lowest BCUT2D eigenvalue weighted by molar-refractivity contribution is -0.121. The van der Waals surface area contributed by atoms with Crippen molar-refractivity contribution in [2.45, 2.75) is 24.3 Å². The van der Waals surface area contributed by atoms with Crippen molar-refractivity contribution in [3.63, 3.8) is 0 Å². The minimum absolute atomic E-state index is 0.168. The number of amidine groups is 1. The topological polar surface area (TPSA) is 110 Å². The van der Waals surface area contributed by atoms with E-state index in [1.807, 2.05) is 30.3 Å². The number of rotatable bonds is 7. The van der Waals surface area contributed by atoms with Gasteiger partial charge in [0.2, 0.25) is 5.91 Å². The van der Waals surface area contributed by atoms with Crippen molar-refractivity contribution >= 4 is 32.7 Å². The monoisotopic (exact) mass is 438 g/mol. The summed E-state index contributed by atoms with van der Waals surface area (Å²) in [4.78, 5) is 21.2. The first-order valence-electron chi connectivity index (χ1n) is 9.90. The molecule has 0 saturated carbocycles. The van der Waals surface area contributed by atoms with Crippen molar-refractivity contribution in [2.24, 2.45) is 4.99 Å². The number of benzene rings is 2. The number of aromatic nitrogens is 1. The number of amides is 1. The Hall–Kier alpha value is -3.46. The smallest absolute Gasteiger partial charge is 0.263 e. The van der Waals surface area contributed by atoms with Crippen LogP contribution in [0.5, 0.6) is 5.75 Å². The zero-order valence-electron chi connectivity index (χ0n) is 16.9. The number of nitrogens with one attached hydrogen (secondary N) is 2. The number of pyridine rings is 1. The number of hydrogen-bond donors (Lipinski definition) is 2. The lowest BCUT2D eigenvalue weighted by atomic mass is 10.2. The standard InChI is InChI=1S/C22H22N4O4S/c1-15(25-21-17-9-2-3-11-19(17)31(28,29)26-21)22(27)24-13-6-14-30-18-10-4-7-16-8-5-12-23-20(16)18/h2-5,7-12,15H,6,13-14H2,1H3,(H,24,27)(H,25,26)/t15-/m0/s1. The van der Waals surface area contributed by atoms with Gasteiger partial charge in [-0.1, -0.05) is 30.3 Å². The van der Waals surface area contributed by atoms with Crippen molar-refractivity contribution in [1.82, 2.24) is 15.0 Å². The summed E-state index contributed by atoms with van der Waals surface area (Å²) in [6.45, 7) is 2.45. The summed E-state index contributed by atoms with van der Waals surface area (Å²) < 4.78 is 32.5. The second-order valence-corrected chi connectivity index (χ2v) is 8.73. The van der Waals surface area contributed by atoms with Crippen molar-refractivity contribution < 1.29 is 17.9 Å². The zero-order valence-corrected chi connectivity index (χ0v) is 17.7. The molecule has 8 nitrogen and oxygen atoms in total. The van der Waals surface area contributed by atoms with Crippen LogP contribution >= 0.6 is 0 Å². The highest BCUT2D eigenvalue weighted by Crippen LogP contribution is 2.23. The number of para-hydroxylation sites is 1.